The van der Waals surface area contributed by atoms with Gasteiger partial charge in [0.15, 0.2) is 5.78 Å². The Bertz CT molecular complexity index is 605. The molecule has 0 aliphatic carbocycles. The van der Waals surface area contributed by atoms with Crippen LogP contribution >= 0.6 is 0 Å². The summed E-state index contributed by atoms with van der Waals surface area (Å²) in [5, 5.41) is 0. The maximum atomic E-state index is 12.7. The van der Waals surface area contributed by atoms with Crippen molar-refractivity contribution in [3.8, 4) is 0 Å². The summed E-state index contributed by atoms with van der Waals surface area (Å²) in [7, 11) is 0. The maximum absolute atomic E-state index is 12.7. The van der Waals surface area contributed by atoms with Gasteiger partial charge in [0.1, 0.15) is 5.82 Å². The Hall–Kier alpha value is -2.30. The minimum atomic E-state index is -0.338. The van der Waals surface area contributed by atoms with Crippen molar-refractivity contribution in [2.45, 2.75) is 13.0 Å². The molecule has 5 heteroatoms. The van der Waals surface area contributed by atoms with Crippen molar-refractivity contribution in [2.75, 3.05) is 0 Å². The third-order valence-electron chi connectivity index (χ3n) is 2.45. The molecule has 0 radical (unpaired) electrons. The monoisotopic (exact) mass is 246 g/mol. The molecule has 0 atom stereocenters. The molecule has 0 aliphatic rings. The Morgan fingerprint density at radius 2 is 1.94 bits per heavy atom. The van der Waals surface area contributed by atoms with E-state index in [2.05, 4.69) is 4.98 Å². The third-order valence-corrected chi connectivity index (χ3v) is 2.45. The van der Waals surface area contributed by atoms with Crippen LogP contribution in [0.3, 0.4) is 0 Å². The van der Waals surface area contributed by atoms with Crippen LogP contribution in [0.1, 0.15) is 5.56 Å². The first-order valence-electron chi connectivity index (χ1n) is 5.42. The number of benzene rings is 1. The quantitative estimate of drug-likeness (QED) is 0.814. The summed E-state index contributed by atoms with van der Waals surface area (Å²) in [6.45, 7) is -0.0238. The van der Waals surface area contributed by atoms with Crippen LogP contribution in [-0.2, 0) is 17.8 Å². The molecule has 0 saturated heterocycles. The van der Waals surface area contributed by atoms with Crippen molar-refractivity contribution < 1.29 is 9.18 Å². The molecule has 0 fully saturated rings. The zero-order chi connectivity index (χ0) is 13.0. The van der Waals surface area contributed by atoms with Crippen LogP contribution in [0.5, 0.6) is 0 Å². The molecule has 0 saturated carbocycles. The molecule has 2 aromatic rings. The molecular formula is C13H11FN2O2. The largest absolute Gasteiger partial charge is 0.297 e. The highest BCUT2D eigenvalue weighted by Crippen LogP contribution is 2.04. The smallest absolute Gasteiger partial charge is 0.253 e. The van der Waals surface area contributed by atoms with Gasteiger partial charge < -0.3 is 0 Å². The van der Waals surface area contributed by atoms with Crippen LogP contribution in [-0.4, -0.2) is 15.3 Å². The van der Waals surface area contributed by atoms with Gasteiger partial charge in [0.05, 0.1) is 12.9 Å². The zero-order valence-corrected chi connectivity index (χ0v) is 9.54. The molecular weight excluding hydrogens is 235 g/mol. The van der Waals surface area contributed by atoms with Crippen LogP contribution in [0.2, 0.25) is 0 Å². The number of hydrogen-bond donors (Lipinski definition) is 0. The number of Topliss-reactive ketones (excluding diaryl/α,β-unsaturated/α-hetero) is 1. The fraction of sp³-hybridized carbons (Fsp3) is 0.154. The van der Waals surface area contributed by atoms with Crippen LogP contribution < -0.4 is 5.56 Å². The number of rotatable bonds is 4. The number of carbonyl (C=O) groups is 1. The number of carbonyl (C=O) groups excluding carboxylic acids is 1. The molecule has 1 aromatic heterocycles. The van der Waals surface area contributed by atoms with Gasteiger partial charge >= 0.3 is 0 Å². The Morgan fingerprint density at radius 1 is 1.22 bits per heavy atom. The fourth-order valence-corrected chi connectivity index (χ4v) is 1.57. The number of ketones is 1. The fourth-order valence-electron chi connectivity index (χ4n) is 1.57. The van der Waals surface area contributed by atoms with Gasteiger partial charge in [0.25, 0.3) is 5.56 Å². The van der Waals surface area contributed by atoms with E-state index in [1.807, 2.05) is 0 Å². The Morgan fingerprint density at radius 3 is 2.61 bits per heavy atom. The van der Waals surface area contributed by atoms with Crippen LogP contribution in [0.4, 0.5) is 4.39 Å². The summed E-state index contributed by atoms with van der Waals surface area (Å²) in [5.74, 6) is -0.466. The molecule has 2 rings (SSSR count). The number of hydrogen-bond acceptors (Lipinski definition) is 3. The summed E-state index contributed by atoms with van der Waals surface area (Å²) in [4.78, 5) is 26.9. The van der Waals surface area contributed by atoms with Gasteiger partial charge in [0.2, 0.25) is 0 Å². The summed E-state index contributed by atoms with van der Waals surface area (Å²) in [5.41, 5.74) is 0.454. The molecule has 0 bridgehead atoms. The second-order valence-corrected chi connectivity index (χ2v) is 3.89. The highest BCUT2D eigenvalue weighted by molar-refractivity contribution is 5.80. The minimum absolute atomic E-state index is 0.0238. The van der Waals surface area contributed by atoms with Crippen LogP contribution in [0.15, 0.2) is 47.7 Å². The average Bonchev–Trinajstić information content (AvgIpc) is 2.35. The van der Waals surface area contributed by atoms with Crippen molar-refractivity contribution >= 4 is 5.78 Å². The molecule has 18 heavy (non-hydrogen) atoms. The predicted octanol–water partition coefficient (Wildman–Crippen LogP) is 1.19. The number of nitrogens with zero attached hydrogens (tertiary/aromatic N) is 2. The van der Waals surface area contributed by atoms with Gasteiger partial charge in [-0.2, -0.15) is 0 Å². The van der Waals surface area contributed by atoms with Crippen molar-refractivity contribution in [1.29, 1.82) is 0 Å². The van der Waals surface area contributed by atoms with Crippen molar-refractivity contribution in [3.05, 3.63) is 64.6 Å². The molecule has 0 spiro atoms. The van der Waals surface area contributed by atoms with Gasteiger partial charge in [-0.05, 0) is 17.7 Å². The number of halogens is 1. The van der Waals surface area contributed by atoms with E-state index in [1.54, 1.807) is 12.1 Å². The van der Waals surface area contributed by atoms with Crippen LogP contribution in [0.25, 0.3) is 0 Å². The van der Waals surface area contributed by atoms with Gasteiger partial charge in [-0.1, -0.05) is 12.1 Å². The van der Waals surface area contributed by atoms with E-state index in [4.69, 9.17) is 0 Å². The van der Waals surface area contributed by atoms with E-state index in [9.17, 15) is 14.0 Å². The summed E-state index contributed by atoms with van der Waals surface area (Å²) in [6.07, 6.45) is 2.87. The molecule has 1 heterocycles. The second-order valence-electron chi connectivity index (χ2n) is 3.89. The van der Waals surface area contributed by atoms with Crippen molar-refractivity contribution in [2.24, 2.45) is 0 Å². The lowest BCUT2D eigenvalue weighted by atomic mass is 10.1. The lowest BCUT2D eigenvalue weighted by molar-refractivity contribution is -0.119. The van der Waals surface area contributed by atoms with Gasteiger partial charge in [-0.25, -0.2) is 9.37 Å². The summed E-state index contributed by atoms with van der Waals surface area (Å²) >= 11 is 0. The maximum Gasteiger partial charge on any atom is 0.253 e. The summed E-state index contributed by atoms with van der Waals surface area (Å²) in [6, 6.07) is 7.02. The molecule has 92 valence electrons. The first kappa shape index (κ1) is 12.2. The summed E-state index contributed by atoms with van der Waals surface area (Å²) < 4.78 is 13.9. The Kier molecular flexibility index (Phi) is 3.62. The van der Waals surface area contributed by atoms with Crippen LogP contribution in [0, 0.1) is 5.82 Å². The van der Waals surface area contributed by atoms with Gasteiger partial charge in [0, 0.05) is 18.7 Å². The molecule has 1 aromatic carbocycles. The Balaban J connectivity index is 2.03. The van der Waals surface area contributed by atoms with E-state index in [-0.39, 0.29) is 30.1 Å². The lowest BCUT2D eigenvalue weighted by Crippen LogP contribution is -2.24. The Labute approximate surface area is 103 Å². The average molecular weight is 246 g/mol. The van der Waals surface area contributed by atoms with E-state index < -0.39 is 0 Å². The molecule has 0 N–H and O–H groups in total. The van der Waals surface area contributed by atoms with E-state index in [0.29, 0.717) is 0 Å². The second kappa shape index (κ2) is 5.35. The highest BCUT2D eigenvalue weighted by atomic mass is 19.1. The minimum Gasteiger partial charge on any atom is -0.297 e. The first-order chi connectivity index (χ1) is 8.65. The highest BCUT2D eigenvalue weighted by Gasteiger charge is 2.06. The molecule has 0 unspecified atom stereocenters. The van der Waals surface area contributed by atoms with Crippen molar-refractivity contribution in [1.82, 2.24) is 9.55 Å². The standard InChI is InChI=1S/C13H11FN2O2/c14-11-3-1-10(2-4-11)7-12(17)8-16-9-15-6-5-13(16)18/h1-6,9H,7-8H2. The number of aromatic nitrogens is 2. The lowest BCUT2D eigenvalue weighted by Gasteiger charge is -2.03. The predicted molar refractivity (Wildman–Crippen MR) is 63.6 cm³/mol. The van der Waals surface area contributed by atoms with E-state index in [1.165, 1.54) is 35.3 Å². The third kappa shape index (κ3) is 3.10. The topological polar surface area (TPSA) is 52.0 Å². The zero-order valence-electron chi connectivity index (χ0n) is 9.54. The molecule has 0 aliphatic heterocycles. The molecule has 4 nitrogen and oxygen atoms in total. The van der Waals surface area contributed by atoms with E-state index in [0.717, 1.165) is 5.56 Å². The van der Waals surface area contributed by atoms with Gasteiger partial charge in [-0.15, -0.1) is 0 Å². The SMILES string of the molecule is O=C(Cc1ccc(F)cc1)Cn1cnccc1=O. The van der Waals surface area contributed by atoms with Gasteiger partial charge in [-0.3, -0.25) is 14.2 Å². The molecule has 0 amide bonds. The normalized spacial score (nSPS) is 10.3. The van der Waals surface area contributed by atoms with Crippen molar-refractivity contribution in [3.63, 3.8) is 0 Å². The first-order valence-corrected chi connectivity index (χ1v) is 5.42. The van der Waals surface area contributed by atoms with E-state index >= 15 is 0 Å².